The van der Waals surface area contributed by atoms with Gasteiger partial charge in [-0.25, -0.2) is 4.79 Å². The molecule has 2 rings (SSSR count). The lowest BCUT2D eigenvalue weighted by Crippen LogP contribution is -2.55. The van der Waals surface area contributed by atoms with Crippen LogP contribution in [0.1, 0.15) is 47.8 Å². The first-order valence-electron chi connectivity index (χ1n) is 8.68. The van der Waals surface area contributed by atoms with Gasteiger partial charge in [0.05, 0.1) is 25.9 Å². The number of ether oxygens (including phenoxy) is 1. The first-order valence-corrected chi connectivity index (χ1v) is 9.55. The summed E-state index contributed by atoms with van der Waals surface area (Å²) in [4.78, 5) is 36.7. The molecule has 0 aromatic carbocycles. The summed E-state index contributed by atoms with van der Waals surface area (Å²) in [6.07, 6.45) is 4.36. The van der Waals surface area contributed by atoms with E-state index in [4.69, 9.17) is 4.74 Å². The minimum Gasteiger partial charge on any atom is -0.465 e. The van der Waals surface area contributed by atoms with Crippen molar-refractivity contribution in [2.45, 2.75) is 39.5 Å². The van der Waals surface area contributed by atoms with E-state index in [0.717, 1.165) is 44.3 Å². The van der Waals surface area contributed by atoms with Crippen LogP contribution in [0.25, 0.3) is 0 Å². The van der Waals surface area contributed by atoms with Crippen molar-refractivity contribution in [1.29, 1.82) is 0 Å². The number of thiophene rings is 1. The normalized spacial score (nSPS) is 16.8. The smallest absolute Gasteiger partial charge is 0.350 e. The molecule has 1 amide bonds. The number of hydrogen-bond acceptors (Lipinski definition) is 5. The summed E-state index contributed by atoms with van der Waals surface area (Å²) < 4.78 is 5.29. The summed E-state index contributed by atoms with van der Waals surface area (Å²) in [5, 5.41) is 4.71. The highest BCUT2D eigenvalue weighted by Gasteiger charge is 2.33. The Morgan fingerprint density at radius 1 is 1.16 bits per heavy atom. The largest absolute Gasteiger partial charge is 0.465 e. The van der Waals surface area contributed by atoms with Crippen LogP contribution < -0.4 is 5.32 Å². The minimum atomic E-state index is -0.448. The molecule has 7 heteroatoms. The standard InChI is InChI=1S/C18H26N2O4S/c1-13-12-25-17(18(23)24-3)16(13)19-15(22)11-20(10-14(2)21)8-6-4-5-7-9-20/h12H,4-11H2,1-3H3/p+1. The molecule has 1 N–H and O–H groups in total. The van der Waals surface area contributed by atoms with E-state index in [-0.39, 0.29) is 18.2 Å². The molecule has 0 atom stereocenters. The molecule has 0 unspecified atom stereocenters. The van der Waals surface area contributed by atoms with Crippen LogP contribution in [0.15, 0.2) is 5.38 Å². The van der Waals surface area contributed by atoms with Gasteiger partial charge in [0.2, 0.25) is 0 Å². The van der Waals surface area contributed by atoms with Crippen molar-refractivity contribution in [2.24, 2.45) is 0 Å². The van der Waals surface area contributed by atoms with Crippen LogP contribution in [0.4, 0.5) is 5.69 Å². The predicted octanol–water partition coefficient (Wildman–Crippen LogP) is 2.76. The van der Waals surface area contributed by atoms with Crippen LogP contribution in [-0.4, -0.2) is 55.4 Å². The lowest BCUT2D eigenvalue weighted by atomic mass is 10.2. The van der Waals surface area contributed by atoms with Gasteiger partial charge in [-0.15, -0.1) is 11.3 Å². The molecular weight excluding hydrogens is 340 g/mol. The second-order valence-corrected chi connectivity index (χ2v) is 7.76. The molecule has 1 aliphatic heterocycles. The Kier molecular flexibility index (Phi) is 6.72. The van der Waals surface area contributed by atoms with E-state index in [9.17, 15) is 14.4 Å². The Balaban J connectivity index is 2.15. The maximum atomic E-state index is 12.7. The maximum Gasteiger partial charge on any atom is 0.350 e. The fourth-order valence-corrected chi connectivity index (χ4v) is 4.45. The summed E-state index contributed by atoms with van der Waals surface area (Å²) in [5.41, 5.74) is 1.37. The van der Waals surface area contributed by atoms with E-state index >= 15 is 0 Å². The van der Waals surface area contributed by atoms with Gasteiger partial charge in [0.1, 0.15) is 11.4 Å². The van der Waals surface area contributed by atoms with Gasteiger partial charge in [-0.05, 0) is 43.6 Å². The lowest BCUT2D eigenvalue weighted by molar-refractivity contribution is -0.912. The molecule has 138 valence electrons. The van der Waals surface area contributed by atoms with Crippen molar-refractivity contribution >= 4 is 34.7 Å². The number of carbonyl (C=O) groups excluding carboxylic acids is 3. The molecule has 0 aliphatic carbocycles. The van der Waals surface area contributed by atoms with Gasteiger partial charge in [0.15, 0.2) is 12.3 Å². The van der Waals surface area contributed by atoms with Gasteiger partial charge < -0.3 is 14.5 Å². The number of methoxy groups -OCH3 is 1. The molecule has 0 bridgehead atoms. The number of quaternary nitrogens is 1. The number of aryl methyl sites for hydroxylation is 1. The number of Topliss-reactive ketones (excluding diaryl/α,β-unsaturated/α-hetero) is 1. The Labute approximate surface area is 152 Å². The van der Waals surface area contributed by atoms with Crippen molar-refractivity contribution in [3.63, 3.8) is 0 Å². The Hall–Kier alpha value is -1.73. The lowest BCUT2D eigenvalue weighted by Gasteiger charge is -2.36. The van der Waals surface area contributed by atoms with Crippen molar-refractivity contribution in [2.75, 3.05) is 38.6 Å². The second kappa shape index (κ2) is 8.58. The predicted molar refractivity (Wildman–Crippen MR) is 97.9 cm³/mol. The quantitative estimate of drug-likeness (QED) is 0.620. The summed E-state index contributed by atoms with van der Waals surface area (Å²) in [7, 11) is 1.33. The number of esters is 1. The minimum absolute atomic E-state index is 0.108. The number of carbonyl (C=O) groups is 3. The van der Waals surface area contributed by atoms with E-state index in [1.54, 1.807) is 6.92 Å². The summed E-state index contributed by atoms with van der Waals surface area (Å²) in [6.45, 7) is 5.78. The highest BCUT2D eigenvalue weighted by molar-refractivity contribution is 7.12. The summed E-state index contributed by atoms with van der Waals surface area (Å²) in [5.74, 6) is -0.498. The van der Waals surface area contributed by atoms with Crippen LogP contribution in [-0.2, 0) is 14.3 Å². The van der Waals surface area contributed by atoms with E-state index < -0.39 is 5.97 Å². The molecule has 1 fully saturated rings. The maximum absolute atomic E-state index is 12.7. The molecule has 0 spiro atoms. The molecule has 6 nitrogen and oxygen atoms in total. The molecular formula is C18H27N2O4S+. The number of nitrogens with one attached hydrogen (secondary N) is 1. The topological polar surface area (TPSA) is 72.5 Å². The van der Waals surface area contributed by atoms with Crippen LogP contribution in [0.5, 0.6) is 0 Å². The zero-order chi connectivity index (χ0) is 18.4. The third-order valence-corrected chi connectivity index (χ3v) is 5.74. The highest BCUT2D eigenvalue weighted by atomic mass is 32.1. The van der Waals surface area contributed by atoms with Crippen LogP contribution in [0.2, 0.25) is 0 Å². The molecule has 1 aromatic rings. The number of anilines is 1. The second-order valence-electron chi connectivity index (χ2n) is 6.88. The zero-order valence-corrected chi connectivity index (χ0v) is 16.0. The summed E-state index contributed by atoms with van der Waals surface area (Å²) in [6, 6.07) is 0. The Morgan fingerprint density at radius 2 is 1.80 bits per heavy atom. The van der Waals surface area contributed by atoms with E-state index in [1.165, 1.54) is 18.4 Å². The monoisotopic (exact) mass is 367 g/mol. The molecule has 1 aliphatic rings. The third-order valence-electron chi connectivity index (χ3n) is 4.66. The van der Waals surface area contributed by atoms with E-state index in [0.29, 0.717) is 21.6 Å². The third kappa shape index (κ3) is 5.12. The first-order chi connectivity index (χ1) is 11.9. The molecule has 25 heavy (non-hydrogen) atoms. The van der Waals surface area contributed by atoms with Gasteiger partial charge in [-0.1, -0.05) is 0 Å². The van der Waals surface area contributed by atoms with Crippen molar-refractivity contribution < 1.29 is 23.6 Å². The van der Waals surface area contributed by atoms with Crippen molar-refractivity contribution in [3.8, 4) is 0 Å². The number of ketones is 1. The van der Waals surface area contributed by atoms with Crippen LogP contribution >= 0.6 is 11.3 Å². The molecule has 1 saturated heterocycles. The van der Waals surface area contributed by atoms with Gasteiger partial charge in [-0.3, -0.25) is 9.59 Å². The van der Waals surface area contributed by atoms with Crippen molar-refractivity contribution in [1.82, 2.24) is 0 Å². The Bertz CT molecular complexity index is 646. The zero-order valence-electron chi connectivity index (χ0n) is 15.2. The number of hydrogen-bond donors (Lipinski definition) is 1. The number of rotatable bonds is 6. The van der Waals surface area contributed by atoms with Crippen LogP contribution in [0.3, 0.4) is 0 Å². The average molecular weight is 367 g/mol. The fourth-order valence-electron chi connectivity index (χ4n) is 3.53. The summed E-state index contributed by atoms with van der Waals surface area (Å²) >= 11 is 1.26. The first kappa shape index (κ1) is 19.6. The molecule has 1 aromatic heterocycles. The SMILES string of the molecule is COC(=O)c1scc(C)c1NC(=O)C[N+]1(CC(C)=O)CCCCCC1. The van der Waals surface area contributed by atoms with Gasteiger partial charge in [0, 0.05) is 6.92 Å². The molecule has 0 saturated carbocycles. The number of amides is 1. The Morgan fingerprint density at radius 3 is 2.36 bits per heavy atom. The molecule has 2 heterocycles. The van der Waals surface area contributed by atoms with Gasteiger partial charge >= 0.3 is 5.97 Å². The number of nitrogens with zero attached hydrogens (tertiary/aromatic N) is 1. The van der Waals surface area contributed by atoms with Crippen molar-refractivity contribution in [3.05, 3.63) is 15.8 Å². The van der Waals surface area contributed by atoms with Gasteiger partial charge in [-0.2, -0.15) is 0 Å². The van der Waals surface area contributed by atoms with E-state index in [2.05, 4.69) is 5.32 Å². The molecule has 0 radical (unpaired) electrons. The fraction of sp³-hybridized carbons (Fsp3) is 0.611. The average Bonchev–Trinajstić information content (AvgIpc) is 2.76. The van der Waals surface area contributed by atoms with Gasteiger partial charge in [0.25, 0.3) is 5.91 Å². The van der Waals surface area contributed by atoms with Crippen LogP contribution in [0, 0.1) is 6.92 Å². The van der Waals surface area contributed by atoms with E-state index in [1.807, 2.05) is 12.3 Å². The number of likely N-dealkylation sites (tertiary alicyclic amines) is 1. The highest BCUT2D eigenvalue weighted by Crippen LogP contribution is 2.28.